The van der Waals surface area contributed by atoms with Gasteiger partial charge >= 0.3 is 5.51 Å². The van der Waals surface area contributed by atoms with Crippen molar-refractivity contribution >= 4 is 11.8 Å². The normalized spacial score (nSPS) is 19.9. The van der Waals surface area contributed by atoms with Crippen molar-refractivity contribution < 1.29 is 17.9 Å². The summed E-state index contributed by atoms with van der Waals surface area (Å²) in [6, 6.07) is 4.14. The Morgan fingerprint density at radius 1 is 1.40 bits per heavy atom. The number of nitrogens with two attached hydrogens (primary N) is 1. The zero-order valence-corrected chi connectivity index (χ0v) is 8.36. The van der Waals surface area contributed by atoms with E-state index < -0.39 is 5.51 Å². The molecule has 0 fully saturated rings. The topological polar surface area (TPSA) is 35.2 Å². The third kappa shape index (κ3) is 2.38. The van der Waals surface area contributed by atoms with Crippen LogP contribution in [0.5, 0.6) is 5.75 Å². The Kier molecular flexibility index (Phi) is 2.56. The maximum absolute atomic E-state index is 12.1. The van der Waals surface area contributed by atoms with Crippen molar-refractivity contribution in [2.75, 3.05) is 6.61 Å². The smallest absolute Gasteiger partial charge is 0.446 e. The molecule has 1 aromatic rings. The van der Waals surface area contributed by atoms with Crippen LogP contribution in [0.1, 0.15) is 11.6 Å². The van der Waals surface area contributed by atoms with Gasteiger partial charge in [-0.15, -0.1) is 0 Å². The molecule has 0 spiro atoms. The number of fused-ring (bicyclic) bond motifs is 1. The van der Waals surface area contributed by atoms with Crippen LogP contribution in [0, 0.1) is 0 Å². The first-order chi connectivity index (χ1) is 6.96. The highest BCUT2D eigenvalue weighted by molar-refractivity contribution is 8.00. The second-order valence-corrected chi connectivity index (χ2v) is 4.30. The van der Waals surface area contributed by atoms with Crippen LogP contribution in [0.3, 0.4) is 0 Å². The Morgan fingerprint density at radius 3 is 2.80 bits per heavy atom. The second-order valence-electron chi connectivity index (χ2n) is 3.16. The zero-order valence-electron chi connectivity index (χ0n) is 7.54. The average Bonchev–Trinajstić information content (AvgIpc) is 2.45. The van der Waals surface area contributed by atoms with Crippen LogP contribution in [-0.2, 0) is 0 Å². The molecule has 2 rings (SSSR count). The molecule has 0 aliphatic carbocycles. The third-order valence-corrected chi connectivity index (χ3v) is 2.76. The van der Waals surface area contributed by atoms with Crippen molar-refractivity contribution in [1.29, 1.82) is 0 Å². The molecule has 0 saturated carbocycles. The van der Waals surface area contributed by atoms with Gasteiger partial charge in [-0.05, 0) is 23.9 Å². The fourth-order valence-corrected chi connectivity index (χ4v) is 1.98. The van der Waals surface area contributed by atoms with E-state index in [1.165, 1.54) is 12.1 Å². The molecule has 1 heterocycles. The molecule has 1 atom stereocenters. The molecule has 2 nitrogen and oxygen atoms in total. The molecule has 0 bridgehead atoms. The SMILES string of the molecule is NC1COc2cc(SC(F)(F)F)ccc21. The lowest BCUT2D eigenvalue weighted by atomic mass is 10.1. The van der Waals surface area contributed by atoms with E-state index in [1.54, 1.807) is 6.07 Å². The van der Waals surface area contributed by atoms with E-state index in [0.29, 0.717) is 12.4 Å². The standard InChI is InChI=1S/C9H8F3NOS/c10-9(11,12)15-5-1-2-6-7(13)4-14-8(6)3-5/h1-3,7H,4,13H2. The Hall–Kier alpha value is -0.880. The van der Waals surface area contributed by atoms with Gasteiger partial charge in [0.15, 0.2) is 0 Å². The van der Waals surface area contributed by atoms with Crippen LogP contribution in [0.2, 0.25) is 0 Å². The van der Waals surface area contributed by atoms with Gasteiger partial charge in [-0.2, -0.15) is 13.2 Å². The molecule has 1 unspecified atom stereocenters. The predicted octanol–water partition coefficient (Wildman–Crippen LogP) is 2.69. The van der Waals surface area contributed by atoms with Gasteiger partial charge in [0, 0.05) is 10.5 Å². The summed E-state index contributed by atoms with van der Waals surface area (Å²) in [5.74, 6) is 0.455. The van der Waals surface area contributed by atoms with Crippen LogP contribution in [0.15, 0.2) is 23.1 Å². The number of rotatable bonds is 1. The van der Waals surface area contributed by atoms with E-state index in [1.807, 2.05) is 0 Å². The summed E-state index contributed by atoms with van der Waals surface area (Å²) < 4.78 is 41.4. The van der Waals surface area contributed by atoms with E-state index in [2.05, 4.69) is 0 Å². The lowest BCUT2D eigenvalue weighted by molar-refractivity contribution is -0.0328. The van der Waals surface area contributed by atoms with Crippen molar-refractivity contribution in [3.05, 3.63) is 23.8 Å². The van der Waals surface area contributed by atoms with Crippen LogP contribution in [0.4, 0.5) is 13.2 Å². The van der Waals surface area contributed by atoms with Crippen LogP contribution < -0.4 is 10.5 Å². The van der Waals surface area contributed by atoms with Gasteiger partial charge in [0.25, 0.3) is 0 Å². The molecule has 15 heavy (non-hydrogen) atoms. The fourth-order valence-electron chi connectivity index (χ4n) is 1.41. The van der Waals surface area contributed by atoms with Crippen molar-refractivity contribution in [3.8, 4) is 5.75 Å². The zero-order chi connectivity index (χ0) is 11.1. The number of ether oxygens (including phenoxy) is 1. The Morgan fingerprint density at radius 2 is 2.13 bits per heavy atom. The van der Waals surface area contributed by atoms with Crippen LogP contribution in [-0.4, -0.2) is 12.1 Å². The molecule has 1 aliphatic rings. The number of thioether (sulfide) groups is 1. The van der Waals surface area contributed by atoms with E-state index in [4.69, 9.17) is 10.5 Å². The quantitative estimate of drug-likeness (QED) is 0.760. The van der Waals surface area contributed by atoms with Crippen molar-refractivity contribution in [3.63, 3.8) is 0 Å². The first kappa shape index (κ1) is 10.6. The Labute approximate surface area is 88.6 Å². The lowest BCUT2D eigenvalue weighted by Crippen LogP contribution is -2.10. The van der Waals surface area contributed by atoms with E-state index >= 15 is 0 Å². The fraction of sp³-hybridized carbons (Fsp3) is 0.333. The number of hydrogen-bond acceptors (Lipinski definition) is 3. The molecule has 1 aliphatic heterocycles. The number of hydrogen-bond donors (Lipinski definition) is 1. The van der Waals surface area contributed by atoms with Gasteiger partial charge in [-0.1, -0.05) is 6.07 Å². The first-order valence-electron chi connectivity index (χ1n) is 4.24. The summed E-state index contributed by atoms with van der Waals surface area (Å²) in [5, 5.41) is 0. The Bertz CT molecular complexity index is 380. The molecule has 0 radical (unpaired) electrons. The van der Waals surface area contributed by atoms with Crippen molar-refractivity contribution in [2.24, 2.45) is 5.73 Å². The van der Waals surface area contributed by atoms with Gasteiger partial charge in [0.2, 0.25) is 0 Å². The maximum atomic E-state index is 12.1. The monoisotopic (exact) mass is 235 g/mol. The summed E-state index contributed by atoms with van der Waals surface area (Å²) in [7, 11) is 0. The summed E-state index contributed by atoms with van der Waals surface area (Å²) in [5.41, 5.74) is 2.17. The highest BCUT2D eigenvalue weighted by Gasteiger charge is 2.30. The third-order valence-electron chi connectivity index (χ3n) is 2.04. The maximum Gasteiger partial charge on any atom is 0.446 e. The van der Waals surface area contributed by atoms with Crippen LogP contribution >= 0.6 is 11.8 Å². The van der Waals surface area contributed by atoms with E-state index in [-0.39, 0.29) is 22.7 Å². The predicted molar refractivity (Wildman–Crippen MR) is 50.8 cm³/mol. The van der Waals surface area contributed by atoms with Gasteiger partial charge in [0.1, 0.15) is 12.4 Å². The summed E-state index contributed by atoms with van der Waals surface area (Å²) in [6.07, 6.45) is 0. The average molecular weight is 235 g/mol. The summed E-state index contributed by atoms with van der Waals surface area (Å²) >= 11 is -0.153. The highest BCUT2D eigenvalue weighted by Crippen LogP contribution is 2.40. The van der Waals surface area contributed by atoms with E-state index in [0.717, 1.165) is 5.56 Å². The van der Waals surface area contributed by atoms with Crippen LogP contribution in [0.25, 0.3) is 0 Å². The molecule has 2 N–H and O–H groups in total. The largest absolute Gasteiger partial charge is 0.491 e. The van der Waals surface area contributed by atoms with E-state index in [9.17, 15) is 13.2 Å². The van der Waals surface area contributed by atoms with Gasteiger partial charge < -0.3 is 10.5 Å². The van der Waals surface area contributed by atoms with Gasteiger partial charge in [0.05, 0.1) is 6.04 Å². The summed E-state index contributed by atoms with van der Waals surface area (Å²) in [6.45, 7) is 0.329. The molecule has 0 amide bonds. The minimum Gasteiger partial charge on any atom is -0.491 e. The van der Waals surface area contributed by atoms with Crippen molar-refractivity contribution in [2.45, 2.75) is 16.4 Å². The number of halogens is 3. The first-order valence-corrected chi connectivity index (χ1v) is 5.05. The summed E-state index contributed by atoms with van der Waals surface area (Å²) in [4.78, 5) is 0.121. The molecule has 6 heteroatoms. The number of alkyl halides is 3. The molecule has 82 valence electrons. The molecular formula is C9H8F3NOS. The van der Waals surface area contributed by atoms with Crippen molar-refractivity contribution in [1.82, 2.24) is 0 Å². The van der Waals surface area contributed by atoms with Gasteiger partial charge in [-0.3, -0.25) is 0 Å². The van der Waals surface area contributed by atoms with Gasteiger partial charge in [-0.25, -0.2) is 0 Å². The molecule has 1 aromatic carbocycles. The highest BCUT2D eigenvalue weighted by atomic mass is 32.2. The Balaban J connectivity index is 2.24. The minimum atomic E-state index is -4.27. The second kappa shape index (κ2) is 3.61. The number of benzene rings is 1. The minimum absolute atomic E-state index is 0.121. The molecule has 0 saturated heterocycles. The molecular weight excluding hydrogens is 227 g/mol. The lowest BCUT2D eigenvalue weighted by Gasteiger charge is -2.07. The molecule has 0 aromatic heterocycles.